The van der Waals surface area contributed by atoms with Gasteiger partial charge in [-0.25, -0.2) is 0 Å². The van der Waals surface area contributed by atoms with E-state index in [-0.39, 0.29) is 32.9 Å². The van der Waals surface area contributed by atoms with E-state index in [1.165, 1.54) is 51.9 Å². The van der Waals surface area contributed by atoms with Crippen LogP contribution in [0.2, 0.25) is 0 Å². The molecule has 0 saturated heterocycles. The number of nitro groups is 1. The van der Waals surface area contributed by atoms with Crippen molar-refractivity contribution in [1.82, 2.24) is 0 Å². The van der Waals surface area contributed by atoms with Crippen LogP contribution in [0.1, 0.15) is 101 Å². The largest absolute Gasteiger partial charge is 0.378 e. The highest BCUT2D eigenvalue weighted by Gasteiger charge is 2.33. The van der Waals surface area contributed by atoms with Crippen LogP contribution in [0.15, 0.2) is 157 Å². The van der Waals surface area contributed by atoms with E-state index < -0.39 is 0 Å². The summed E-state index contributed by atoms with van der Waals surface area (Å²) in [5.41, 5.74) is 11.3. The van der Waals surface area contributed by atoms with Crippen molar-refractivity contribution < 1.29 is 4.92 Å². The molecule has 1 saturated carbocycles. The van der Waals surface area contributed by atoms with Gasteiger partial charge in [-0.05, 0) is 102 Å². The summed E-state index contributed by atoms with van der Waals surface area (Å²) in [6.07, 6.45) is 13.1. The Labute approximate surface area is 348 Å². The standard InChI is InChI=1S/C10H12.C9H13N.C9H10.C8H9NO2.C8H10.C6H8.3CH4/c1-8-7-10(8)9-5-3-2-4-6-9;1-8-4-6-9(7-5-8)10(2)3;1-2-6-9-7-4-3-5-8-9;1-6-3-4-7(2)8(5-6)9(10)11;1-7-4-3-5-8(2)6-7;1-6-4-2-3-5-6;;;/h2-6,8,10H,7H2,1H3;4-7H,1-3H3;2-8H,1H3;3-5H,1-2H3;3-6H,1-2H3;2-4H,5H2,1H3;3*1H4/b;;6-2+;;;;;;. The van der Waals surface area contributed by atoms with Crippen molar-refractivity contribution in [2.24, 2.45) is 5.92 Å². The number of anilines is 1. The Morgan fingerprint density at radius 1 is 0.667 bits per heavy atom. The lowest BCUT2D eigenvalue weighted by Crippen LogP contribution is -2.07. The summed E-state index contributed by atoms with van der Waals surface area (Å²) >= 11 is 0. The highest BCUT2D eigenvalue weighted by Crippen LogP contribution is 2.46. The van der Waals surface area contributed by atoms with Gasteiger partial charge in [-0.15, -0.1) is 0 Å². The molecular weight excluding hydrogens is 697 g/mol. The SMILES string of the molecule is C.C.C.C/C=C/c1ccccc1.CC1=CC=CC1.CC1CC1c1ccccc1.Cc1ccc(C)c([N+](=O)[O-])c1.Cc1ccc(N(C)C)cc1.Cc1cccc(C)c1. The summed E-state index contributed by atoms with van der Waals surface area (Å²) in [5, 5.41) is 10.4. The van der Waals surface area contributed by atoms with Crippen LogP contribution in [0, 0.1) is 50.7 Å². The molecule has 0 aromatic heterocycles. The summed E-state index contributed by atoms with van der Waals surface area (Å²) < 4.78 is 0. The van der Waals surface area contributed by atoms with Crippen LogP contribution >= 0.6 is 0 Å². The van der Waals surface area contributed by atoms with Crippen molar-refractivity contribution in [3.05, 3.63) is 206 Å². The van der Waals surface area contributed by atoms with Gasteiger partial charge in [0, 0.05) is 31.4 Å². The van der Waals surface area contributed by atoms with Crippen LogP contribution in [-0.2, 0) is 0 Å². The molecule has 7 rings (SSSR count). The molecule has 0 N–H and O–H groups in total. The van der Waals surface area contributed by atoms with Crippen LogP contribution in [0.25, 0.3) is 6.08 Å². The molecule has 4 heteroatoms. The lowest BCUT2D eigenvalue weighted by Gasteiger charge is -2.11. The number of rotatable bonds is 4. The van der Waals surface area contributed by atoms with Gasteiger partial charge in [-0.2, -0.15) is 0 Å². The lowest BCUT2D eigenvalue weighted by molar-refractivity contribution is -0.385. The molecule has 0 radical (unpaired) electrons. The number of nitro benzene ring substituents is 1. The number of nitrogens with zero attached hydrogens (tertiary/aromatic N) is 2. The molecule has 0 heterocycles. The van der Waals surface area contributed by atoms with Gasteiger partial charge in [-0.1, -0.05) is 191 Å². The average Bonchev–Trinajstić information content (AvgIpc) is 3.70. The Hall–Kier alpha value is -5.48. The predicted molar refractivity (Wildman–Crippen MR) is 256 cm³/mol. The highest BCUT2D eigenvalue weighted by atomic mass is 16.6. The third-order valence-electron chi connectivity index (χ3n) is 8.74. The smallest absolute Gasteiger partial charge is 0.272 e. The predicted octanol–water partition coefficient (Wildman–Crippen LogP) is 15.9. The van der Waals surface area contributed by atoms with Crippen LogP contribution in [0.3, 0.4) is 0 Å². The minimum Gasteiger partial charge on any atom is -0.378 e. The van der Waals surface area contributed by atoms with Gasteiger partial charge in [0.2, 0.25) is 0 Å². The van der Waals surface area contributed by atoms with Crippen molar-refractivity contribution >= 4 is 17.5 Å². The molecule has 2 aliphatic rings. The average molecular weight is 771 g/mol. The molecule has 5 aromatic rings. The molecule has 308 valence electrons. The normalized spacial score (nSPS) is 13.7. The Bertz CT molecular complexity index is 1870. The third kappa shape index (κ3) is 23.3. The molecular formula is C53H74N2O2. The Balaban J connectivity index is 0. The number of hydrogen-bond donors (Lipinski definition) is 0. The Morgan fingerprint density at radius 2 is 1.18 bits per heavy atom. The highest BCUT2D eigenvalue weighted by molar-refractivity contribution is 5.48. The maximum Gasteiger partial charge on any atom is 0.272 e. The van der Waals surface area contributed by atoms with Crippen LogP contribution in [-0.4, -0.2) is 19.0 Å². The van der Waals surface area contributed by atoms with Gasteiger partial charge in [0.15, 0.2) is 0 Å². The van der Waals surface area contributed by atoms with Gasteiger partial charge in [0.1, 0.15) is 0 Å². The van der Waals surface area contributed by atoms with E-state index >= 15 is 0 Å². The van der Waals surface area contributed by atoms with Crippen molar-refractivity contribution in [2.45, 2.75) is 96.4 Å². The van der Waals surface area contributed by atoms with Crippen molar-refractivity contribution in [2.75, 3.05) is 19.0 Å². The van der Waals surface area contributed by atoms with Crippen molar-refractivity contribution in [1.29, 1.82) is 0 Å². The second kappa shape index (κ2) is 29.8. The van der Waals surface area contributed by atoms with E-state index in [0.717, 1.165) is 17.4 Å². The number of benzene rings is 5. The van der Waals surface area contributed by atoms with E-state index in [1.807, 2.05) is 58.3 Å². The summed E-state index contributed by atoms with van der Waals surface area (Å²) in [7, 11) is 4.09. The zero-order valence-corrected chi connectivity index (χ0v) is 34.3. The maximum atomic E-state index is 10.4. The molecule has 2 atom stereocenters. The zero-order valence-electron chi connectivity index (χ0n) is 34.3. The minimum absolute atomic E-state index is 0. The fourth-order valence-corrected chi connectivity index (χ4v) is 5.36. The van der Waals surface area contributed by atoms with Crippen LogP contribution in [0.5, 0.6) is 0 Å². The second-order valence-corrected chi connectivity index (χ2v) is 14.2. The minimum atomic E-state index is -0.359. The number of allylic oxidation sites excluding steroid dienone is 5. The molecule has 4 nitrogen and oxygen atoms in total. The van der Waals surface area contributed by atoms with E-state index in [9.17, 15) is 10.1 Å². The fourth-order valence-electron chi connectivity index (χ4n) is 5.36. The molecule has 1 fully saturated rings. The summed E-state index contributed by atoms with van der Waals surface area (Å²) in [5.74, 6) is 1.81. The first kappa shape index (κ1) is 53.6. The fraction of sp³-hybridized carbons (Fsp3) is 0.321. The van der Waals surface area contributed by atoms with Crippen LogP contribution in [0.4, 0.5) is 11.4 Å². The molecule has 2 aliphatic carbocycles. The quantitative estimate of drug-likeness (QED) is 0.135. The van der Waals surface area contributed by atoms with E-state index in [2.05, 4.69) is 155 Å². The molecule has 2 unspecified atom stereocenters. The Kier molecular flexibility index (Phi) is 28.0. The second-order valence-electron chi connectivity index (χ2n) is 14.2. The summed E-state index contributed by atoms with van der Waals surface area (Å²) in [4.78, 5) is 12.1. The summed E-state index contributed by atoms with van der Waals surface area (Å²) in [6, 6.07) is 43.2. The third-order valence-corrected chi connectivity index (χ3v) is 8.74. The maximum absolute atomic E-state index is 10.4. The first-order valence-corrected chi connectivity index (χ1v) is 18.8. The number of aryl methyl sites for hydroxylation is 5. The first-order chi connectivity index (χ1) is 25.8. The lowest BCUT2D eigenvalue weighted by atomic mass is 10.1. The molecule has 0 aliphatic heterocycles. The Morgan fingerprint density at radius 3 is 1.54 bits per heavy atom. The van der Waals surface area contributed by atoms with Crippen molar-refractivity contribution in [3.63, 3.8) is 0 Å². The van der Waals surface area contributed by atoms with Gasteiger partial charge >= 0.3 is 0 Å². The van der Waals surface area contributed by atoms with E-state index in [4.69, 9.17) is 0 Å². The van der Waals surface area contributed by atoms with Gasteiger partial charge in [0.05, 0.1) is 4.92 Å². The molecule has 0 bridgehead atoms. The first-order valence-electron chi connectivity index (χ1n) is 18.8. The monoisotopic (exact) mass is 771 g/mol. The van der Waals surface area contributed by atoms with Crippen molar-refractivity contribution in [3.8, 4) is 0 Å². The molecule has 0 spiro atoms. The van der Waals surface area contributed by atoms with Gasteiger partial charge in [-0.3, -0.25) is 10.1 Å². The molecule has 0 amide bonds. The summed E-state index contributed by atoms with van der Waals surface area (Å²) in [6.45, 7) is 16.4. The van der Waals surface area contributed by atoms with Gasteiger partial charge in [0.25, 0.3) is 5.69 Å². The number of hydrogen-bond acceptors (Lipinski definition) is 3. The van der Waals surface area contributed by atoms with E-state index in [1.54, 1.807) is 19.1 Å². The molecule has 5 aromatic carbocycles. The van der Waals surface area contributed by atoms with Crippen LogP contribution < -0.4 is 4.90 Å². The van der Waals surface area contributed by atoms with Gasteiger partial charge < -0.3 is 4.90 Å². The molecule has 57 heavy (non-hydrogen) atoms. The zero-order chi connectivity index (χ0) is 39.9. The topological polar surface area (TPSA) is 46.4 Å². The van der Waals surface area contributed by atoms with E-state index in [0.29, 0.717) is 5.56 Å².